The van der Waals surface area contributed by atoms with Gasteiger partial charge in [-0.3, -0.25) is 9.69 Å². The summed E-state index contributed by atoms with van der Waals surface area (Å²) in [6.45, 7) is 6.75. The van der Waals surface area contributed by atoms with Crippen LogP contribution in [0.2, 0.25) is 0 Å². The molecular formula is C19H23N3O5. The quantitative estimate of drug-likeness (QED) is 0.813. The van der Waals surface area contributed by atoms with Gasteiger partial charge in [0.2, 0.25) is 12.7 Å². The minimum absolute atomic E-state index is 0.0665. The smallest absolute Gasteiger partial charge is 0.275 e. The molecule has 1 saturated heterocycles. The molecule has 0 bridgehead atoms. The number of likely N-dealkylation sites (N-methyl/N-ethyl adjacent to an activating group) is 1. The van der Waals surface area contributed by atoms with Crippen molar-refractivity contribution in [3.63, 3.8) is 0 Å². The predicted molar refractivity (Wildman–Crippen MR) is 96.0 cm³/mol. The monoisotopic (exact) mass is 373 g/mol. The minimum Gasteiger partial charge on any atom is -0.484 e. The first-order valence-electron chi connectivity index (χ1n) is 8.90. The number of hydrogen-bond donors (Lipinski definition) is 0. The Labute approximate surface area is 157 Å². The van der Waals surface area contributed by atoms with Crippen LogP contribution in [0.1, 0.15) is 30.2 Å². The standard InChI is InChI=1S/C19H23N3O5/c1-19(2)11-22(7-6-21(19)3)18(23)14-9-25-17(20-14)10-24-13-4-5-15-16(8-13)27-12-26-15/h4-5,8-9H,6-7,10-12H2,1-3H3. The fourth-order valence-corrected chi connectivity index (χ4v) is 3.16. The molecule has 1 amide bonds. The zero-order valence-corrected chi connectivity index (χ0v) is 15.7. The van der Waals surface area contributed by atoms with Gasteiger partial charge >= 0.3 is 0 Å². The Hall–Kier alpha value is -2.74. The molecule has 0 unspecified atom stereocenters. The van der Waals surface area contributed by atoms with Crippen LogP contribution in [0.3, 0.4) is 0 Å². The minimum atomic E-state index is -0.116. The molecule has 1 aromatic carbocycles. The second kappa shape index (κ2) is 6.77. The summed E-state index contributed by atoms with van der Waals surface area (Å²) in [5.41, 5.74) is 0.239. The van der Waals surface area contributed by atoms with Crippen LogP contribution in [0.25, 0.3) is 0 Å². The third kappa shape index (κ3) is 3.57. The summed E-state index contributed by atoms with van der Waals surface area (Å²) in [5.74, 6) is 2.19. The van der Waals surface area contributed by atoms with Crippen LogP contribution in [0.4, 0.5) is 0 Å². The summed E-state index contributed by atoms with van der Waals surface area (Å²) in [6.07, 6.45) is 1.39. The fraction of sp³-hybridized carbons (Fsp3) is 0.474. The maximum atomic E-state index is 12.7. The number of fused-ring (bicyclic) bond motifs is 1. The van der Waals surface area contributed by atoms with Crippen LogP contribution >= 0.6 is 0 Å². The van der Waals surface area contributed by atoms with Crippen LogP contribution in [0.5, 0.6) is 17.2 Å². The molecule has 2 aliphatic heterocycles. The topological polar surface area (TPSA) is 77.3 Å². The lowest BCUT2D eigenvalue weighted by atomic mass is 9.99. The molecule has 144 valence electrons. The zero-order valence-electron chi connectivity index (χ0n) is 15.7. The van der Waals surface area contributed by atoms with Gasteiger partial charge in [-0.05, 0) is 33.0 Å². The number of piperazine rings is 1. The molecular weight excluding hydrogens is 350 g/mol. The molecule has 4 rings (SSSR count). The summed E-state index contributed by atoms with van der Waals surface area (Å²) >= 11 is 0. The Morgan fingerprint density at radius 3 is 2.89 bits per heavy atom. The van der Waals surface area contributed by atoms with Crippen molar-refractivity contribution in [3.05, 3.63) is 36.0 Å². The lowest BCUT2D eigenvalue weighted by Crippen LogP contribution is -2.58. The summed E-state index contributed by atoms with van der Waals surface area (Å²) in [4.78, 5) is 21.1. The molecule has 0 N–H and O–H groups in total. The number of hydrogen-bond acceptors (Lipinski definition) is 7. The Bertz CT molecular complexity index is 848. The van der Waals surface area contributed by atoms with Gasteiger partial charge in [0.15, 0.2) is 23.8 Å². The van der Waals surface area contributed by atoms with Gasteiger partial charge in [0.05, 0.1) is 0 Å². The third-order valence-electron chi connectivity index (χ3n) is 5.08. The second-order valence-electron chi connectivity index (χ2n) is 7.39. The van der Waals surface area contributed by atoms with E-state index >= 15 is 0 Å². The van der Waals surface area contributed by atoms with E-state index < -0.39 is 0 Å². The molecule has 8 heteroatoms. The summed E-state index contributed by atoms with van der Waals surface area (Å²) in [6, 6.07) is 5.33. The van der Waals surface area contributed by atoms with Crippen molar-refractivity contribution in [3.8, 4) is 17.2 Å². The highest BCUT2D eigenvalue weighted by atomic mass is 16.7. The van der Waals surface area contributed by atoms with Crippen LogP contribution in [-0.2, 0) is 6.61 Å². The number of rotatable bonds is 4. The molecule has 2 aromatic rings. The van der Waals surface area contributed by atoms with Crippen LogP contribution in [0, 0.1) is 0 Å². The van der Waals surface area contributed by atoms with E-state index in [-0.39, 0.29) is 24.8 Å². The molecule has 1 aromatic heterocycles. The molecule has 0 saturated carbocycles. The predicted octanol–water partition coefficient (Wildman–Crippen LogP) is 2.15. The lowest BCUT2D eigenvalue weighted by molar-refractivity contribution is 0.0307. The van der Waals surface area contributed by atoms with E-state index in [1.54, 1.807) is 18.2 Å². The molecule has 8 nitrogen and oxygen atoms in total. The average Bonchev–Trinajstić information content (AvgIpc) is 3.30. The Balaban J connectivity index is 1.38. The molecule has 3 heterocycles. The lowest BCUT2D eigenvalue weighted by Gasteiger charge is -2.45. The van der Waals surface area contributed by atoms with Crippen molar-refractivity contribution in [2.45, 2.75) is 26.0 Å². The highest BCUT2D eigenvalue weighted by Crippen LogP contribution is 2.35. The maximum absolute atomic E-state index is 12.7. The Kier molecular flexibility index (Phi) is 4.43. The van der Waals surface area contributed by atoms with Crippen molar-refractivity contribution in [2.75, 3.05) is 33.5 Å². The van der Waals surface area contributed by atoms with E-state index in [9.17, 15) is 4.79 Å². The summed E-state index contributed by atoms with van der Waals surface area (Å²) in [5, 5.41) is 0. The highest BCUT2D eigenvalue weighted by Gasteiger charge is 2.34. The van der Waals surface area contributed by atoms with Gasteiger partial charge in [-0.25, -0.2) is 4.98 Å². The molecule has 27 heavy (non-hydrogen) atoms. The van der Waals surface area contributed by atoms with Crippen LogP contribution in [0.15, 0.2) is 28.9 Å². The van der Waals surface area contributed by atoms with Crippen molar-refractivity contribution in [1.29, 1.82) is 0 Å². The van der Waals surface area contributed by atoms with Gasteiger partial charge in [0.1, 0.15) is 12.0 Å². The molecule has 0 radical (unpaired) electrons. The summed E-state index contributed by atoms with van der Waals surface area (Å²) < 4.78 is 21.7. The van der Waals surface area contributed by atoms with Crippen molar-refractivity contribution in [1.82, 2.24) is 14.8 Å². The SMILES string of the molecule is CN1CCN(C(=O)c2coc(COc3ccc4c(c3)OCO4)n2)CC1(C)C. The van der Waals surface area contributed by atoms with E-state index in [0.717, 1.165) is 6.54 Å². The number of amides is 1. The van der Waals surface area contributed by atoms with Gasteiger partial charge < -0.3 is 23.5 Å². The van der Waals surface area contributed by atoms with Gasteiger partial charge in [0.25, 0.3) is 5.91 Å². The number of nitrogens with zero attached hydrogens (tertiary/aromatic N) is 3. The van der Waals surface area contributed by atoms with Gasteiger partial charge in [0, 0.05) is 31.2 Å². The molecule has 0 spiro atoms. The largest absolute Gasteiger partial charge is 0.484 e. The number of aromatic nitrogens is 1. The number of carbonyl (C=O) groups is 1. The van der Waals surface area contributed by atoms with Gasteiger partial charge in [-0.15, -0.1) is 0 Å². The first-order valence-corrected chi connectivity index (χ1v) is 8.90. The number of benzene rings is 1. The Morgan fingerprint density at radius 1 is 1.26 bits per heavy atom. The highest BCUT2D eigenvalue weighted by molar-refractivity contribution is 5.92. The number of ether oxygens (including phenoxy) is 3. The average molecular weight is 373 g/mol. The van der Waals surface area contributed by atoms with E-state index in [4.69, 9.17) is 18.6 Å². The van der Waals surface area contributed by atoms with Crippen molar-refractivity contribution in [2.24, 2.45) is 0 Å². The number of carbonyl (C=O) groups excluding carboxylic acids is 1. The molecule has 1 fully saturated rings. The van der Waals surface area contributed by atoms with Crippen molar-refractivity contribution < 1.29 is 23.4 Å². The normalized spacial score (nSPS) is 18.6. The fourth-order valence-electron chi connectivity index (χ4n) is 3.16. The number of oxazole rings is 1. The van der Waals surface area contributed by atoms with E-state index in [2.05, 4.69) is 30.8 Å². The summed E-state index contributed by atoms with van der Waals surface area (Å²) in [7, 11) is 2.07. The second-order valence-corrected chi connectivity index (χ2v) is 7.39. The van der Waals surface area contributed by atoms with Gasteiger partial charge in [-0.2, -0.15) is 0 Å². The van der Waals surface area contributed by atoms with Gasteiger partial charge in [-0.1, -0.05) is 0 Å². The van der Waals surface area contributed by atoms with E-state index in [1.165, 1.54) is 6.26 Å². The van der Waals surface area contributed by atoms with E-state index in [0.29, 0.717) is 41.9 Å². The molecule has 0 aliphatic carbocycles. The molecule has 2 aliphatic rings. The first kappa shape index (κ1) is 17.7. The van der Waals surface area contributed by atoms with Crippen LogP contribution < -0.4 is 14.2 Å². The van der Waals surface area contributed by atoms with Crippen molar-refractivity contribution >= 4 is 5.91 Å². The Morgan fingerprint density at radius 2 is 2.07 bits per heavy atom. The third-order valence-corrected chi connectivity index (χ3v) is 5.08. The van der Waals surface area contributed by atoms with E-state index in [1.807, 2.05) is 4.90 Å². The molecule has 0 atom stereocenters. The first-order chi connectivity index (χ1) is 12.9. The zero-order chi connectivity index (χ0) is 19.0. The maximum Gasteiger partial charge on any atom is 0.275 e. The van der Waals surface area contributed by atoms with Crippen LogP contribution in [-0.4, -0.2) is 59.7 Å².